The average molecular weight is 244 g/mol. The highest BCUT2D eigenvalue weighted by Crippen LogP contribution is 2.18. The van der Waals surface area contributed by atoms with E-state index < -0.39 is 0 Å². The molecule has 0 saturated carbocycles. The van der Waals surface area contributed by atoms with Gasteiger partial charge in [0.05, 0.1) is 6.20 Å². The van der Waals surface area contributed by atoms with Crippen molar-refractivity contribution < 1.29 is 4.74 Å². The normalized spacial score (nSPS) is 16.5. The van der Waals surface area contributed by atoms with Gasteiger partial charge in [0.25, 0.3) is 0 Å². The molecule has 0 radical (unpaired) electrons. The van der Waals surface area contributed by atoms with Crippen molar-refractivity contribution in [1.29, 1.82) is 0 Å². The van der Waals surface area contributed by atoms with E-state index in [1.807, 2.05) is 30.1 Å². The van der Waals surface area contributed by atoms with Gasteiger partial charge in [0, 0.05) is 50.8 Å². The van der Waals surface area contributed by atoms with Gasteiger partial charge in [0.15, 0.2) is 0 Å². The minimum Gasteiger partial charge on any atom is -0.488 e. The van der Waals surface area contributed by atoms with Crippen molar-refractivity contribution in [2.24, 2.45) is 7.05 Å². The van der Waals surface area contributed by atoms with Gasteiger partial charge in [0.2, 0.25) is 0 Å². The van der Waals surface area contributed by atoms with Crippen LogP contribution < -0.4 is 4.74 Å². The first kappa shape index (κ1) is 11.2. The lowest BCUT2D eigenvalue weighted by molar-refractivity contribution is 0.0145. The summed E-state index contributed by atoms with van der Waals surface area (Å²) >= 11 is 0. The van der Waals surface area contributed by atoms with Crippen LogP contribution in [0.1, 0.15) is 5.56 Å². The zero-order chi connectivity index (χ0) is 12.4. The molecule has 1 aliphatic rings. The van der Waals surface area contributed by atoms with E-state index in [0.717, 1.165) is 25.4 Å². The molecule has 94 valence electrons. The van der Waals surface area contributed by atoms with Crippen molar-refractivity contribution in [3.8, 4) is 5.75 Å². The van der Waals surface area contributed by atoms with Crippen molar-refractivity contribution in [3.63, 3.8) is 0 Å². The summed E-state index contributed by atoms with van der Waals surface area (Å²) in [6.45, 7) is 2.89. The number of aryl methyl sites for hydroxylation is 1. The van der Waals surface area contributed by atoms with Crippen LogP contribution in [0.15, 0.2) is 36.9 Å². The molecule has 2 aromatic heterocycles. The highest BCUT2D eigenvalue weighted by atomic mass is 16.5. The molecule has 0 amide bonds. The molecule has 3 rings (SSSR count). The third-order valence-electron chi connectivity index (χ3n) is 3.04. The average Bonchev–Trinajstić information content (AvgIpc) is 2.73. The first-order chi connectivity index (χ1) is 8.79. The highest BCUT2D eigenvalue weighted by Gasteiger charge is 2.28. The summed E-state index contributed by atoms with van der Waals surface area (Å²) in [6, 6.07) is 3.79. The van der Waals surface area contributed by atoms with E-state index in [1.165, 1.54) is 5.56 Å². The number of likely N-dealkylation sites (tertiary alicyclic amines) is 1. The van der Waals surface area contributed by atoms with Gasteiger partial charge >= 0.3 is 0 Å². The summed E-state index contributed by atoms with van der Waals surface area (Å²) in [7, 11) is 1.94. The Kier molecular flexibility index (Phi) is 2.98. The zero-order valence-electron chi connectivity index (χ0n) is 10.4. The summed E-state index contributed by atoms with van der Waals surface area (Å²) in [6.07, 6.45) is 7.76. The first-order valence-electron chi connectivity index (χ1n) is 6.06. The summed E-state index contributed by atoms with van der Waals surface area (Å²) in [5.41, 5.74) is 1.25. The number of hydrogen-bond acceptors (Lipinski definition) is 4. The molecular formula is C13H16N4O. The van der Waals surface area contributed by atoms with Crippen LogP contribution in [0.25, 0.3) is 0 Å². The van der Waals surface area contributed by atoms with E-state index >= 15 is 0 Å². The monoisotopic (exact) mass is 244 g/mol. The predicted molar refractivity (Wildman–Crippen MR) is 67.1 cm³/mol. The number of rotatable bonds is 4. The van der Waals surface area contributed by atoms with E-state index in [1.54, 1.807) is 12.4 Å². The largest absolute Gasteiger partial charge is 0.488 e. The molecule has 1 saturated heterocycles. The van der Waals surface area contributed by atoms with Crippen LogP contribution in [0.5, 0.6) is 5.75 Å². The van der Waals surface area contributed by atoms with Gasteiger partial charge in [0.1, 0.15) is 11.9 Å². The number of pyridine rings is 1. The summed E-state index contributed by atoms with van der Waals surface area (Å²) in [4.78, 5) is 6.32. The van der Waals surface area contributed by atoms with Crippen LogP contribution in [-0.4, -0.2) is 38.9 Å². The quantitative estimate of drug-likeness (QED) is 0.807. The van der Waals surface area contributed by atoms with Gasteiger partial charge in [-0.25, -0.2) is 0 Å². The first-order valence-corrected chi connectivity index (χ1v) is 6.06. The number of hydrogen-bond donors (Lipinski definition) is 0. The lowest BCUT2D eigenvalue weighted by Gasteiger charge is -2.38. The molecule has 0 aliphatic carbocycles. The molecule has 5 heteroatoms. The van der Waals surface area contributed by atoms with Crippen molar-refractivity contribution in [1.82, 2.24) is 19.7 Å². The summed E-state index contributed by atoms with van der Waals surface area (Å²) in [5.74, 6) is 0.899. The molecular weight excluding hydrogens is 228 g/mol. The molecule has 18 heavy (non-hydrogen) atoms. The molecule has 2 aromatic rings. The van der Waals surface area contributed by atoms with Crippen LogP contribution in [0.3, 0.4) is 0 Å². The fraction of sp³-hybridized carbons (Fsp3) is 0.385. The predicted octanol–water partition coefficient (Wildman–Crippen LogP) is 1.08. The van der Waals surface area contributed by atoms with Gasteiger partial charge < -0.3 is 4.74 Å². The Balaban J connectivity index is 1.46. The van der Waals surface area contributed by atoms with Crippen molar-refractivity contribution in [2.75, 3.05) is 13.1 Å². The van der Waals surface area contributed by atoms with E-state index in [-0.39, 0.29) is 0 Å². The molecule has 0 atom stereocenters. The van der Waals surface area contributed by atoms with Crippen LogP contribution >= 0.6 is 0 Å². The Morgan fingerprint density at radius 3 is 2.78 bits per heavy atom. The fourth-order valence-corrected chi connectivity index (χ4v) is 2.15. The number of aromatic nitrogens is 3. The minimum absolute atomic E-state index is 0.295. The Morgan fingerprint density at radius 2 is 2.11 bits per heavy atom. The third-order valence-corrected chi connectivity index (χ3v) is 3.04. The van der Waals surface area contributed by atoms with Gasteiger partial charge in [-0.1, -0.05) is 0 Å². The molecule has 0 aromatic carbocycles. The second kappa shape index (κ2) is 4.78. The van der Waals surface area contributed by atoms with Crippen molar-refractivity contribution in [3.05, 3.63) is 42.5 Å². The molecule has 1 fully saturated rings. The molecule has 5 nitrogen and oxygen atoms in total. The SMILES string of the molecule is Cn1cc(CN2CC(Oc3ccncc3)C2)cn1. The molecule has 0 bridgehead atoms. The smallest absolute Gasteiger partial charge is 0.124 e. The number of nitrogens with zero attached hydrogens (tertiary/aromatic N) is 4. The van der Waals surface area contributed by atoms with Gasteiger partial charge in [-0.05, 0) is 12.1 Å². The maximum absolute atomic E-state index is 5.82. The second-order valence-corrected chi connectivity index (χ2v) is 4.64. The van der Waals surface area contributed by atoms with Crippen LogP contribution in [0.4, 0.5) is 0 Å². The Bertz CT molecular complexity index is 505. The third kappa shape index (κ3) is 2.51. The zero-order valence-corrected chi connectivity index (χ0v) is 10.4. The van der Waals surface area contributed by atoms with E-state index in [4.69, 9.17) is 4.74 Å². The minimum atomic E-state index is 0.295. The van der Waals surface area contributed by atoms with Crippen LogP contribution in [0.2, 0.25) is 0 Å². The molecule has 0 N–H and O–H groups in total. The van der Waals surface area contributed by atoms with Crippen LogP contribution in [0, 0.1) is 0 Å². The van der Waals surface area contributed by atoms with E-state index in [0.29, 0.717) is 6.10 Å². The summed E-state index contributed by atoms with van der Waals surface area (Å²) in [5, 5.41) is 4.17. The highest BCUT2D eigenvalue weighted by molar-refractivity contribution is 5.18. The maximum atomic E-state index is 5.82. The van der Waals surface area contributed by atoms with Gasteiger partial charge in [-0.3, -0.25) is 14.6 Å². The standard InChI is InChI=1S/C13H16N4O/c1-16-7-11(6-15-16)8-17-9-13(10-17)18-12-2-4-14-5-3-12/h2-7,13H,8-10H2,1H3. The molecule has 0 unspecified atom stereocenters. The van der Waals surface area contributed by atoms with Crippen LogP contribution in [-0.2, 0) is 13.6 Å². The molecule has 1 aliphatic heterocycles. The Labute approximate surface area is 106 Å². The van der Waals surface area contributed by atoms with Gasteiger partial charge in [-0.2, -0.15) is 5.10 Å². The molecule has 0 spiro atoms. The van der Waals surface area contributed by atoms with E-state index in [2.05, 4.69) is 21.2 Å². The second-order valence-electron chi connectivity index (χ2n) is 4.64. The van der Waals surface area contributed by atoms with Crippen molar-refractivity contribution in [2.45, 2.75) is 12.6 Å². The Morgan fingerprint density at radius 1 is 1.33 bits per heavy atom. The number of ether oxygens (including phenoxy) is 1. The maximum Gasteiger partial charge on any atom is 0.124 e. The van der Waals surface area contributed by atoms with Crippen molar-refractivity contribution >= 4 is 0 Å². The molecule has 3 heterocycles. The fourth-order valence-electron chi connectivity index (χ4n) is 2.15. The lowest BCUT2D eigenvalue weighted by Crippen LogP contribution is -2.53. The van der Waals surface area contributed by atoms with E-state index in [9.17, 15) is 0 Å². The topological polar surface area (TPSA) is 43.2 Å². The van der Waals surface area contributed by atoms with Gasteiger partial charge in [-0.15, -0.1) is 0 Å². The Hall–Kier alpha value is -1.88. The lowest BCUT2D eigenvalue weighted by atomic mass is 10.1. The summed E-state index contributed by atoms with van der Waals surface area (Å²) < 4.78 is 7.65.